The minimum absolute atomic E-state index is 0.288. The van der Waals surface area contributed by atoms with E-state index in [2.05, 4.69) is 0 Å². The summed E-state index contributed by atoms with van der Waals surface area (Å²) in [5.74, 6) is -0.624. The van der Waals surface area contributed by atoms with Crippen LogP contribution in [0.25, 0.3) is 0 Å². The average molecular weight is 162 g/mol. The van der Waals surface area contributed by atoms with Gasteiger partial charge in [0, 0.05) is 0 Å². The van der Waals surface area contributed by atoms with E-state index in [1.807, 2.05) is 0 Å². The molecule has 1 saturated heterocycles. The topological polar surface area (TPSA) is 58.9 Å². The number of hydrogen-bond acceptors (Lipinski definition) is 4. The first kappa shape index (κ1) is 8.93. The summed E-state index contributed by atoms with van der Waals surface area (Å²) in [5.41, 5.74) is 0. The molecule has 0 aromatic carbocycles. The summed E-state index contributed by atoms with van der Waals surface area (Å²) >= 11 is 0. The fourth-order valence-corrected chi connectivity index (χ4v) is 1.02. The molecular formula is C7H14O4. The van der Waals surface area contributed by atoms with E-state index >= 15 is 0 Å². The maximum atomic E-state index is 9.13. The van der Waals surface area contributed by atoms with Crippen LogP contribution in [-0.2, 0) is 9.47 Å². The predicted molar refractivity (Wildman–Crippen MR) is 38.0 cm³/mol. The quantitative estimate of drug-likeness (QED) is 0.574. The Kier molecular flexibility index (Phi) is 2.49. The van der Waals surface area contributed by atoms with Crippen molar-refractivity contribution in [3.8, 4) is 0 Å². The van der Waals surface area contributed by atoms with E-state index < -0.39 is 18.0 Å². The van der Waals surface area contributed by atoms with Crippen LogP contribution in [0.2, 0.25) is 0 Å². The molecule has 4 heteroatoms. The standard InChI is InChI=1S/C7H14O4/c1-7(2)10-4-6(11-7)5(9)3-8/h5-6,8-9H,3-4H2,1-2H3/t5-,6?/m1/s1. The van der Waals surface area contributed by atoms with Gasteiger partial charge in [0.25, 0.3) is 0 Å². The van der Waals surface area contributed by atoms with Crippen molar-refractivity contribution >= 4 is 0 Å². The van der Waals surface area contributed by atoms with Gasteiger partial charge in [-0.1, -0.05) is 0 Å². The van der Waals surface area contributed by atoms with E-state index in [9.17, 15) is 0 Å². The van der Waals surface area contributed by atoms with Gasteiger partial charge in [0.1, 0.15) is 12.2 Å². The summed E-state index contributed by atoms with van der Waals surface area (Å²) in [4.78, 5) is 0. The summed E-state index contributed by atoms with van der Waals surface area (Å²) < 4.78 is 10.5. The molecule has 2 N–H and O–H groups in total. The first-order chi connectivity index (χ1) is 5.05. The largest absolute Gasteiger partial charge is 0.394 e. The highest BCUT2D eigenvalue weighted by molar-refractivity contribution is 4.76. The van der Waals surface area contributed by atoms with Crippen molar-refractivity contribution in [2.75, 3.05) is 13.2 Å². The normalized spacial score (nSPS) is 32.2. The predicted octanol–water partition coefficient (Wildman–Crippen LogP) is -0.509. The van der Waals surface area contributed by atoms with Crippen LogP contribution in [0.1, 0.15) is 13.8 Å². The zero-order chi connectivity index (χ0) is 8.48. The lowest BCUT2D eigenvalue weighted by Crippen LogP contribution is -2.33. The van der Waals surface area contributed by atoms with Crippen LogP contribution in [-0.4, -0.2) is 41.4 Å². The van der Waals surface area contributed by atoms with Gasteiger partial charge in [0.15, 0.2) is 5.79 Å². The third-order valence-corrected chi connectivity index (χ3v) is 1.65. The molecule has 0 spiro atoms. The number of hydrogen-bond donors (Lipinski definition) is 2. The van der Waals surface area contributed by atoms with Crippen LogP contribution in [0.5, 0.6) is 0 Å². The van der Waals surface area contributed by atoms with Gasteiger partial charge in [-0.2, -0.15) is 0 Å². The van der Waals surface area contributed by atoms with E-state index in [4.69, 9.17) is 19.7 Å². The third-order valence-electron chi connectivity index (χ3n) is 1.65. The van der Waals surface area contributed by atoms with Crippen molar-refractivity contribution in [1.29, 1.82) is 0 Å². The Hall–Kier alpha value is -0.160. The molecule has 1 rings (SSSR count). The molecule has 0 radical (unpaired) electrons. The minimum Gasteiger partial charge on any atom is -0.394 e. The van der Waals surface area contributed by atoms with Crippen molar-refractivity contribution in [2.24, 2.45) is 0 Å². The number of aliphatic hydroxyl groups excluding tert-OH is 2. The molecule has 1 fully saturated rings. The summed E-state index contributed by atoms with van der Waals surface area (Å²) in [5, 5.41) is 17.7. The Morgan fingerprint density at radius 1 is 1.64 bits per heavy atom. The molecule has 1 unspecified atom stereocenters. The number of rotatable bonds is 2. The van der Waals surface area contributed by atoms with E-state index in [1.54, 1.807) is 13.8 Å². The maximum absolute atomic E-state index is 9.13. The molecule has 2 atom stereocenters. The Bertz CT molecular complexity index is 134. The lowest BCUT2D eigenvalue weighted by molar-refractivity contribution is -0.153. The van der Waals surface area contributed by atoms with Crippen molar-refractivity contribution in [3.05, 3.63) is 0 Å². The second kappa shape index (κ2) is 3.06. The van der Waals surface area contributed by atoms with Gasteiger partial charge in [-0.05, 0) is 13.8 Å². The molecule has 1 aliphatic heterocycles. The molecule has 1 aliphatic rings. The average Bonchev–Trinajstić information content (AvgIpc) is 2.29. The molecule has 1 heterocycles. The van der Waals surface area contributed by atoms with E-state index in [0.717, 1.165) is 0 Å². The summed E-state index contributed by atoms with van der Waals surface area (Å²) in [6, 6.07) is 0. The van der Waals surface area contributed by atoms with Gasteiger partial charge in [-0.25, -0.2) is 0 Å². The second-order valence-corrected chi connectivity index (χ2v) is 3.12. The highest BCUT2D eigenvalue weighted by atomic mass is 16.7. The molecule has 0 saturated carbocycles. The van der Waals surface area contributed by atoms with Crippen LogP contribution in [0, 0.1) is 0 Å². The van der Waals surface area contributed by atoms with Crippen LogP contribution in [0.15, 0.2) is 0 Å². The Labute approximate surface area is 65.7 Å². The van der Waals surface area contributed by atoms with Crippen molar-refractivity contribution < 1.29 is 19.7 Å². The number of aliphatic hydroxyl groups is 2. The zero-order valence-electron chi connectivity index (χ0n) is 6.78. The highest BCUT2D eigenvalue weighted by Crippen LogP contribution is 2.23. The van der Waals surface area contributed by atoms with Crippen molar-refractivity contribution in [1.82, 2.24) is 0 Å². The molecule has 0 bridgehead atoms. The first-order valence-electron chi connectivity index (χ1n) is 3.66. The van der Waals surface area contributed by atoms with Gasteiger partial charge < -0.3 is 19.7 Å². The Balaban J connectivity index is 2.41. The molecule has 66 valence electrons. The van der Waals surface area contributed by atoms with Gasteiger partial charge in [-0.15, -0.1) is 0 Å². The van der Waals surface area contributed by atoms with Gasteiger partial charge in [-0.3, -0.25) is 0 Å². The fourth-order valence-electron chi connectivity index (χ4n) is 1.02. The fraction of sp³-hybridized carbons (Fsp3) is 1.00. The molecular weight excluding hydrogens is 148 g/mol. The molecule has 0 aromatic rings. The molecule has 0 aromatic heterocycles. The first-order valence-corrected chi connectivity index (χ1v) is 3.66. The van der Waals surface area contributed by atoms with E-state index in [1.165, 1.54) is 0 Å². The van der Waals surface area contributed by atoms with Crippen LogP contribution >= 0.6 is 0 Å². The molecule has 0 aliphatic carbocycles. The summed E-state index contributed by atoms with van der Waals surface area (Å²) in [6.45, 7) is 3.60. The Morgan fingerprint density at radius 3 is 2.64 bits per heavy atom. The summed E-state index contributed by atoms with van der Waals surface area (Å²) in [6.07, 6.45) is -1.23. The van der Waals surface area contributed by atoms with E-state index in [-0.39, 0.29) is 6.61 Å². The highest BCUT2D eigenvalue weighted by Gasteiger charge is 2.36. The molecule has 0 amide bonds. The lowest BCUT2D eigenvalue weighted by atomic mass is 10.2. The molecule has 4 nitrogen and oxygen atoms in total. The Morgan fingerprint density at radius 2 is 2.27 bits per heavy atom. The maximum Gasteiger partial charge on any atom is 0.163 e. The third kappa shape index (κ3) is 2.13. The van der Waals surface area contributed by atoms with Crippen molar-refractivity contribution in [3.63, 3.8) is 0 Å². The van der Waals surface area contributed by atoms with Gasteiger partial charge in [0.2, 0.25) is 0 Å². The number of ether oxygens (including phenoxy) is 2. The molecule has 11 heavy (non-hydrogen) atoms. The smallest absolute Gasteiger partial charge is 0.163 e. The van der Waals surface area contributed by atoms with Crippen molar-refractivity contribution in [2.45, 2.75) is 31.8 Å². The monoisotopic (exact) mass is 162 g/mol. The van der Waals surface area contributed by atoms with Crippen LogP contribution < -0.4 is 0 Å². The van der Waals surface area contributed by atoms with E-state index in [0.29, 0.717) is 6.61 Å². The van der Waals surface area contributed by atoms with Crippen LogP contribution in [0.4, 0.5) is 0 Å². The van der Waals surface area contributed by atoms with Gasteiger partial charge >= 0.3 is 0 Å². The minimum atomic E-state index is -0.836. The second-order valence-electron chi connectivity index (χ2n) is 3.12. The zero-order valence-corrected chi connectivity index (χ0v) is 6.78. The lowest BCUT2D eigenvalue weighted by Gasteiger charge is -2.18. The van der Waals surface area contributed by atoms with Crippen LogP contribution in [0.3, 0.4) is 0 Å². The SMILES string of the molecule is CC1(C)OCC([C@H](O)CO)O1. The summed E-state index contributed by atoms with van der Waals surface area (Å²) in [7, 11) is 0. The van der Waals surface area contributed by atoms with Gasteiger partial charge in [0.05, 0.1) is 13.2 Å².